The van der Waals surface area contributed by atoms with E-state index in [1.54, 1.807) is 6.92 Å². The number of nitrogens with zero attached hydrogens (tertiary/aromatic N) is 3. The minimum Gasteiger partial charge on any atom is -0.466 e. The predicted octanol–water partition coefficient (Wildman–Crippen LogP) is 0.958. The van der Waals surface area contributed by atoms with Gasteiger partial charge in [0.05, 0.1) is 13.0 Å². The second-order valence-electron chi connectivity index (χ2n) is 2.39. The van der Waals surface area contributed by atoms with Crippen LogP contribution in [0.2, 0.25) is 0 Å². The summed E-state index contributed by atoms with van der Waals surface area (Å²) in [5.74, 6) is -0.588. The Morgan fingerprint density at radius 2 is 2.42 bits per heavy atom. The molecule has 6 nitrogen and oxygen atoms in total. The highest BCUT2D eigenvalue weighted by Gasteiger charge is 2.23. The molecule has 1 unspecified atom stereocenters. The van der Waals surface area contributed by atoms with Gasteiger partial charge < -0.3 is 9.84 Å². The van der Waals surface area contributed by atoms with E-state index in [4.69, 9.17) is 5.53 Å². The third kappa shape index (κ3) is 4.54. The molecule has 0 aliphatic rings. The zero-order valence-corrected chi connectivity index (χ0v) is 7.02. The van der Waals surface area contributed by atoms with Crippen LogP contribution in [0.5, 0.6) is 0 Å². The van der Waals surface area contributed by atoms with Gasteiger partial charge in [-0.1, -0.05) is 5.11 Å². The zero-order valence-electron chi connectivity index (χ0n) is 7.02. The fraction of sp³-hybridized carbons (Fsp3) is 0.833. The van der Waals surface area contributed by atoms with Crippen molar-refractivity contribution in [3.05, 3.63) is 10.4 Å². The van der Waals surface area contributed by atoms with Crippen molar-refractivity contribution in [2.75, 3.05) is 6.61 Å². The van der Waals surface area contributed by atoms with Crippen LogP contribution < -0.4 is 0 Å². The van der Waals surface area contributed by atoms with Crippen molar-refractivity contribution in [2.24, 2.45) is 5.11 Å². The van der Waals surface area contributed by atoms with E-state index in [-0.39, 0.29) is 13.0 Å². The van der Waals surface area contributed by atoms with Crippen LogP contribution in [-0.2, 0) is 9.53 Å². The van der Waals surface area contributed by atoms with Crippen molar-refractivity contribution in [3.8, 4) is 0 Å². The van der Waals surface area contributed by atoms with E-state index < -0.39 is 11.7 Å². The highest BCUT2D eigenvalue weighted by atomic mass is 16.5. The molecule has 68 valence electrons. The van der Waals surface area contributed by atoms with Crippen LogP contribution in [0.25, 0.3) is 10.4 Å². The molecule has 6 heteroatoms. The van der Waals surface area contributed by atoms with Crippen LogP contribution in [-0.4, -0.2) is 23.4 Å². The molecule has 0 amide bonds. The van der Waals surface area contributed by atoms with Gasteiger partial charge in [0.2, 0.25) is 0 Å². The Bertz CT molecular complexity index is 208. The van der Waals surface area contributed by atoms with E-state index >= 15 is 0 Å². The molecule has 0 rings (SSSR count). The van der Waals surface area contributed by atoms with E-state index in [1.807, 2.05) is 0 Å². The summed E-state index contributed by atoms with van der Waals surface area (Å²) < 4.78 is 4.54. The highest BCUT2D eigenvalue weighted by molar-refractivity contribution is 5.70. The summed E-state index contributed by atoms with van der Waals surface area (Å²) in [7, 11) is 0. The van der Waals surface area contributed by atoms with Gasteiger partial charge in [0.15, 0.2) is 5.72 Å². The Hall–Kier alpha value is -1.26. The van der Waals surface area contributed by atoms with Gasteiger partial charge in [-0.15, -0.1) is 0 Å². The molecular formula is C6H11N3O3. The van der Waals surface area contributed by atoms with Crippen molar-refractivity contribution in [3.63, 3.8) is 0 Å². The highest BCUT2D eigenvalue weighted by Crippen LogP contribution is 2.11. The Balaban J connectivity index is 4.05. The van der Waals surface area contributed by atoms with Gasteiger partial charge in [-0.25, -0.2) is 0 Å². The molecule has 0 saturated carbocycles. The Morgan fingerprint density at radius 3 is 2.83 bits per heavy atom. The van der Waals surface area contributed by atoms with Crippen LogP contribution >= 0.6 is 0 Å². The maximum absolute atomic E-state index is 10.8. The average molecular weight is 173 g/mol. The fourth-order valence-corrected chi connectivity index (χ4v) is 0.617. The van der Waals surface area contributed by atoms with Gasteiger partial charge in [-0.3, -0.25) is 4.79 Å². The number of esters is 1. The minimum atomic E-state index is -1.69. The molecule has 0 aromatic heterocycles. The molecule has 0 saturated heterocycles. The lowest BCUT2D eigenvalue weighted by atomic mass is 10.2. The van der Waals surface area contributed by atoms with Gasteiger partial charge in [-0.2, -0.15) is 0 Å². The van der Waals surface area contributed by atoms with Gasteiger partial charge >= 0.3 is 5.97 Å². The molecule has 0 bridgehead atoms. The molecule has 0 heterocycles. The summed E-state index contributed by atoms with van der Waals surface area (Å²) in [5.41, 5.74) is 6.30. The van der Waals surface area contributed by atoms with Gasteiger partial charge in [0.1, 0.15) is 0 Å². The summed E-state index contributed by atoms with van der Waals surface area (Å²) in [6.07, 6.45) is -0.328. The number of hydrogen-bond donors (Lipinski definition) is 1. The van der Waals surface area contributed by atoms with Crippen LogP contribution in [0.1, 0.15) is 20.3 Å². The fourth-order valence-electron chi connectivity index (χ4n) is 0.617. The van der Waals surface area contributed by atoms with Crippen LogP contribution in [0.4, 0.5) is 0 Å². The molecule has 1 atom stereocenters. The second kappa shape index (κ2) is 4.58. The average Bonchev–Trinajstić information content (AvgIpc) is 1.85. The normalized spacial score (nSPS) is 14.2. The van der Waals surface area contributed by atoms with Crippen molar-refractivity contribution >= 4 is 5.97 Å². The predicted molar refractivity (Wildman–Crippen MR) is 41.0 cm³/mol. The first kappa shape index (κ1) is 10.7. The van der Waals surface area contributed by atoms with E-state index in [9.17, 15) is 9.90 Å². The molecule has 0 radical (unpaired) electrons. The topological polar surface area (TPSA) is 95.3 Å². The van der Waals surface area contributed by atoms with Gasteiger partial charge in [0, 0.05) is 4.91 Å². The summed E-state index contributed by atoms with van der Waals surface area (Å²) >= 11 is 0. The number of aliphatic hydroxyl groups is 1. The number of hydrogen-bond acceptors (Lipinski definition) is 4. The first-order valence-corrected chi connectivity index (χ1v) is 3.46. The maximum atomic E-state index is 10.8. The Morgan fingerprint density at radius 1 is 1.83 bits per heavy atom. The van der Waals surface area contributed by atoms with Gasteiger partial charge in [0.25, 0.3) is 0 Å². The molecular weight excluding hydrogens is 162 g/mol. The molecule has 0 aliphatic carbocycles. The lowest BCUT2D eigenvalue weighted by molar-refractivity contribution is -0.147. The molecule has 0 aromatic carbocycles. The number of carbonyl (C=O) groups is 1. The summed E-state index contributed by atoms with van der Waals surface area (Å²) in [5, 5.41) is 12.2. The lowest BCUT2D eigenvalue weighted by Crippen LogP contribution is -2.25. The quantitative estimate of drug-likeness (QED) is 0.297. The molecule has 1 N–H and O–H groups in total. The summed E-state index contributed by atoms with van der Waals surface area (Å²) in [6, 6.07) is 0. The molecule has 0 fully saturated rings. The lowest BCUT2D eigenvalue weighted by Gasteiger charge is -2.14. The molecule has 0 spiro atoms. The van der Waals surface area contributed by atoms with Crippen molar-refractivity contribution in [1.82, 2.24) is 0 Å². The minimum absolute atomic E-state index is 0.241. The monoisotopic (exact) mass is 173 g/mol. The zero-order chi connectivity index (χ0) is 9.61. The van der Waals surface area contributed by atoms with E-state index in [0.717, 1.165) is 0 Å². The first-order chi connectivity index (χ1) is 5.52. The molecule has 0 aliphatic heterocycles. The third-order valence-corrected chi connectivity index (χ3v) is 1.04. The SMILES string of the molecule is CCOC(=O)CC(C)(O)N=[N+]=[N-]. The molecule has 12 heavy (non-hydrogen) atoms. The number of carbonyl (C=O) groups excluding carboxylic acids is 1. The van der Waals surface area contributed by atoms with E-state index in [1.165, 1.54) is 6.92 Å². The number of azide groups is 1. The second-order valence-corrected chi connectivity index (χ2v) is 2.39. The standard InChI is InChI=1S/C6H11N3O3/c1-3-12-5(10)4-6(2,11)8-9-7/h11H,3-4H2,1-2H3. The Kier molecular flexibility index (Phi) is 4.10. The van der Waals surface area contributed by atoms with Crippen LogP contribution in [0.15, 0.2) is 5.11 Å². The smallest absolute Gasteiger partial charge is 0.308 e. The Labute approximate surface area is 69.8 Å². The summed E-state index contributed by atoms with van der Waals surface area (Å²) in [6.45, 7) is 3.13. The maximum Gasteiger partial charge on any atom is 0.308 e. The van der Waals surface area contributed by atoms with Crippen molar-refractivity contribution in [1.29, 1.82) is 0 Å². The van der Waals surface area contributed by atoms with E-state index in [2.05, 4.69) is 14.8 Å². The van der Waals surface area contributed by atoms with Crippen molar-refractivity contribution in [2.45, 2.75) is 26.0 Å². The third-order valence-electron chi connectivity index (χ3n) is 1.04. The van der Waals surface area contributed by atoms with Crippen LogP contribution in [0.3, 0.4) is 0 Å². The molecule has 0 aromatic rings. The summed E-state index contributed by atoms with van der Waals surface area (Å²) in [4.78, 5) is 13.2. The number of ether oxygens (including phenoxy) is 1. The van der Waals surface area contributed by atoms with E-state index in [0.29, 0.717) is 0 Å². The van der Waals surface area contributed by atoms with Crippen molar-refractivity contribution < 1.29 is 14.6 Å². The van der Waals surface area contributed by atoms with Crippen LogP contribution in [0, 0.1) is 0 Å². The largest absolute Gasteiger partial charge is 0.466 e. The van der Waals surface area contributed by atoms with Gasteiger partial charge in [-0.05, 0) is 19.4 Å². The number of rotatable bonds is 4. The first-order valence-electron chi connectivity index (χ1n) is 3.46.